The van der Waals surface area contributed by atoms with Crippen LogP contribution in [-0.2, 0) is 0 Å². The molecule has 0 spiro atoms. The maximum absolute atomic E-state index is 12.4. The fraction of sp³-hybridized carbons (Fsp3) is 0.0769. The Kier molecular flexibility index (Phi) is 7.08. The first-order valence-corrected chi connectivity index (χ1v) is 9.70. The lowest BCUT2D eigenvalue weighted by molar-refractivity contribution is 0.103. The van der Waals surface area contributed by atoms with Gasteiger partial charge in [-0.05, 0) is 59.7 Å². The van der Waals surface area contributed by atoms with Crippen molar-refractivity contribution >= 4 is 23.7 Å². The number of phenolic OH excluding ortho intramolecular Hbond substituents is 2. The highest BCUT2D eigenvalue weighted by molar-refractivity contribution is 6.09. The summed E-state index contributed by atoms with van der Waals surface area (Å²) in [6.07, 6.45) is 6.01. The zero-order chi connectivity index (χ0) is 23.1. The standard InChI is InChI=1S/C26H22O6/c1-31-19-9-13-25(29)21(15-19)23(27)11-7-17-3-5-18(6-4-17)8-12-24(28)22-16-20(32-2)10-14-26(22)30/h3-16,29-30H,1-2H3/b11-7+,12-8+. The van der Waals surface area contributed by atoms with Crippen LogP contribution in [0.3, 0.4) is 0 Å². The van der Waals surface area contributed by atoms with Crippen molar-refractivity contribution in [1.82, 2.24) is 0 Å². The molecule has 3 aromatic rings. The SMILES string of the molecule is COc1ccc(O)c(C(=O)/C=C/c2ccc(/C=C/C(=O)c3cc(OC)ccc3O)cc2)c1. The van der Waals surface area contributed by atoms with Crippen LogP contribution >= 0.6 is 0 Å². The van der Waals surface area contributed by atoms with Crippen molar-refractivity contribution in [3.8, 4) is 23.0 Å². The van der Waals surface area contributed by atoms with E-state index in [1.54, 1.807) is 48.6 Å². The number of carbonyl (C=O) groups is 2. The Hall–Kier alpha value is -4.32. The smallest absolute Gasteiger partial charge is 0.189 e. The maximum atomic E-state index is 12.4. The van der Waals surface area contributed by atoms with Crippen LogP contribution in [0, 0.1) is 0 Å². The molecule has 0 unspecified atom stereocenters. The van der Waals surface area contributed by atoms with Crippen molar-refractivity contribution < 1.29 is 29.3 Å². The molecule has 0 fully saturated rings. The maximum Gasteiger partial charge on any atom is 0.189 e. The van der Waals surface area contributed by atoms with E-state index in [9.17, 15) is 19.8 Å². The van der Waals surface area contributed by atoms with E-state index in [-0.39, 0.29) is 34.2 Å². The molecule has 6 nitrogen and oxygen atoms in total. The second kappa shape index (κ2) is 10.1. The Balaban J connectivity index is 1.69. The summed E-state index contributed by atoms with van der Waals surface area (Å²) >= 11 is 0. The third-order valence-corrected chi connectivity index (χ3v) is 4.73. The highest BCUT2D eigenvalue weighted by Crippen LogP contribution is 2.25. The predicted octanol–water partition coefficient (Wildman–Crippen LogP) is 4.91. The first kappa shape index (κ1) is 22.4. The van der Waals surface area contributed by atoms with E-state index in [0.717, 1.165) is 11.1 Å². The monoisotopic (exact) mass is 430 g/mol. The molecule has 0 aliphatic heterocycles. The molecule has 0 saturated carbocycles. The predicted molar refractivity (Wildman–Crippen MR) is 122 cm³/mol. The average molecular weight is 430 g/mol. The molecular formula is C26H22O6. The van der Waals surface area contributed by atoms with Gasteiger partial charge in [-0.1, -0.05) is 36.4 Å². The van der Waals surface area contributed by atoms with Crippen LogP contribution in [0.25, 0.3) is 12.2 Å². The van der Waals surface area contributed by atoms with Gasteiger partial charge in [0.25, 0.3) is 0 Å². The summed E-state index contributed by atoms with van der Waals surface area (Å²) in [5.74, 6) is 0.0171. The van der Waals surface area contributed by atoms with Gasteiger partial charge in [-0.3, -0.25) is 9.59 Å². The summed E-state index contributed by atoms with van der Waals surface area (Å²) < 4.78 is 10.2. The number of hydrogen-bond acceptors (Lipinski definition) is 6. The molecule has 0 atom stereocenters. The van der Waals surface area contributed by atoms with Crippen molar-refractivity contribution in [2.75, 3.05) is 14.2 Å². The molecule has 0 saturated heterocycles. The first-order valence-electron chi connectivity index (χ1n) is 9.70. The quantitative estimate of drug-likeness (QED) is 0.390. The summed E-state index contributed by atoms with van der Waals surface area (Å²) in [7, 11) is 2.97. The molecule has 0 bridgehead atoms. The number of benzene rings is 3. The van der Waals surface area contributed by atoms with Crippen molar-refractivity contribution in [3.63, 3.8) is 0 Å². The number of hydrogen-bond donors (Lipinski definition) is 2. The number of ketones is 2. The van der Waals surface area contributed by atoms with Gasteiger partial charge in [0.2, 0.25) is 0 Å². The molecule has 0 amide bonds. The summed E-state index contributed by atoms with van der Waals surface area (Å²) in [5, 5.41) is 19.8. The van der Waals surface area contributed by atoms with Gasteiger partial charge in [0.05, 0.1) is 25.3 Å². The van der Waals surface area contributed by atoms with Crippen LogP contribution in [-0.4, -0.2) is 36.0 Å². The average Bonchev–Trinajstić information content (AvgIpc) is 2.82. The van der Waals surface area contributed by atoms with E-state index < -0.39 is 0 Å². The topological polar surface area (TPSA) is 93.1 Å². The highest BCUT2D eigenvalue weighted by Gasteiger charge is 2.11. The zero-order valence-electron chi connectivity index (χ0n) is 17.6. The summed E-state index contributed by atoms with van der Waals surface area (Å²) in [4.78, 5) is 24.8. The molecule has 162 valence electrons. The summed E-state index contributed by atoms with van der Waals surface area (Å²) in [6, 6.07) is 16.1. The highest BCUT2D eigenvalue weighted by atomic mass is 16.5. The van der Waals surface area contributed by atoms with E-state index in [1.165, 1.54) is 50.6 Å². The zero-order valence-corrected chi connectivity index (χ0v) is 17.6. The van der Waals surface area contributed by atoms with Gasteiger partial charge in [0.1, 0.15) is 23.0 Å². The molecule has 2 N–H and O–H groups in total. The molecule has 32 heavy (non-hydrogen) atoms. The Morgan fingerprint density at radius 3 is 1.38 bits per heavy atom. The molecule has 0 aliphatic rings. The third kappa shape index (κ3) is 5.43. The Morgan fingerprint density at radius 2 is 1.03 bits per heavy atom. The van der Waals surface area contributed by atoms with E-state index in [2.05, 4.69) is 0 Å². The van der Waals surface area contributed by atoms with Gasteiger partial charge in [-0.2, -0.15) is 0 Å². The largest absolute Gasteiger partial charge is 0.507 e. The van der Waals surface area contributed by atoms with Crippen LogP contribution in [0.2, 0.25) is 0 Å². The van der Waals surface area contributed by atoms with Crippen LogP contribution in [0.15, 0.2) is 72.8 Å². The number of methoxy groups -OCH3 is 2. The minimum absolute atomic E-state index is 0.118. The molecule has 6 heteroatoms. The Morgan fingerprint density at radius 1 is 0.656 bits per heavy atom. The van der Waals surface area contributed by atoms with E-state index >= 15 is 0 Å². The van der Waals surface area contributed by atoms with Crippen LogP contribution < -0.4 is 9.47 Å². The van der Waals surface area contributed by atoms with Gasteiger partial charge in [-0.25, -0.2) is 0 Å². The van der Waals surface area contributed by atoms with Crippen LogP contribution in [0.4, 0.5) is 0 Å². The lowest BCUT2D eigenvalue weighted by Crippen LogP contribution is -1.96. The summed E-state index contributed by atoms with van der Waals surface area (Å²) in [6.45, 7) is 0. The van der Waals surface area contributed by atoms with Crippen LogP contribution in [0.1, 0.15) is 31.8 Å². The Labute approximate surface area is 185 Å². The number of allylic oxidation sites excluding steroid dienone is 2. The molecule has 0 aliphatic carbocycles. The molecule has 3 aromatic carbocycles. The minimum atomic E-state index is -0.353. The number of phenols is 2. The van der Waals surface area contributed by atoms with Crippen molar-refractivity contribution in [1.29, 1.82) is 0 Å². The fourth-order valence-electron chi connectivity index (χ4n) is 2.92. The van der Waals surface area contributed by atoms with Crippen molar-refractivity contribution in [2.24, 2.45) is 0 Å². The van der Waals surface area contributed by atoms with E-state index in [0.29, 0.717) is 11.5 Å². The van der Waals surface area contributed by atoms with E-state index in [1.807, 2.05) is 0 Å². The lowest BCUT2D eigenvalue weighted by Gasteiger charge is -2.04. The lowest BCUT2D eigenvalue weighted by atomic mass is 10.1. The van der Waals surface area contributed by atoms with Crippen molar-refractivity contribution in [2.45, 2.75) is 0 Å². The molecule has 0 radical (unpaired) electrons. The van der Waals surface area contributed by atoms with Gasteiger partial charge >= 0.3 is 0 Å². The number of ether oxygens (including phenoxy) is 2. The summed E-state index contributed by atoms with van der Waals surface area (Å²) in [5.41, 5.74) is 1.85. The van der Waals surface area contributed by atoms with Crippen LogP contribution in [0.5, 0.6) is 23.0 Å². The molecule has 0 heterocycles. The minimum Gasteiger partial charge on any atom is -0.507 e. The molecule has 3 rings (SSSR count). The number of rotatable bonds is 8. The Bertz CT molecular complexity index is 1090. The molecule has 0 aromatic heterocycles. The third-order valence-electron chi connectivity index (χ3n) is 4.73. The number of carbonyl (C=O) groups excluding carboxylic acids is 2. The van der Waals surface area contributed by atoms with Crippen molar-refractivity contribution in [3.05, 3.63) is 95.1 Å². The number of aromatic hydroxyl groups is 2. The fourth-order valence-corrected chi connectivity index (χ4v) is 2.92. The van der Waals surface area contributed by atoms with Gasteiger partial charge in [0, 0.05) is 0 Å². The normalized spacial score (nSPS) is 11.1. The second-order valence-corrected chi connectivity index (χ2v) is 6.83. The first-order chi connectivity index (χ1) is 15.4. The van der Waals surface area contributed by atoms with Gasteiger partial charge in [-0.15, -0.1) is 0 Å². The molecular weight excluding hydrogens is 408 g/mol. The second-order valence-electron chi connectivity index (χ2n) is 6.83. The van der Waals surface area contributed by atoms with Gasteiger partial charge in [0.15, 0.2) is 11.6 Å². The van der Waals surface area contributed by atoms with Gasteiger partial charge < -0.3 is 19.7 Å². The van der Waals surface area contributed by atoms with E-state index in [4.69, 9.17) is 9.47 Å².